The van der Waals surface area contributed by atoms with Crippen molar-refractivity contribution in [3.8, 4) is 0 Å². The van der Waals surface area contributed by atoms with Gasteiger partial charge in [0.15, 0.2) is 0 Å². The smallest absolute Gasteiger partial charge is 0.118 e. The summed E-state index contributed by atoms with van der Waals surface area (Å²) < 4.78 is 5.88. The van der Waals surface area contributed by atoms with E-state index in [4.69, 9.17) is 4.42 Å². The number of hydrogen-bond acceptors (Lipinski definition) is 3. The van der Waals surface area contributed by atoms with Crippen LogP contribution in [-0.4, -0.2) is 24.5 Å². The van der Waals surface area contributed by atoms with E-state index in [1.54, 1.807) is 0 Å². The zero-order chi connectivity index (χ0) is 15.5. The minimum absolute atomic E-state index is 0.426. The molecule has 1 N–H and O–H groups in total. The van der Waals surface area contributed by atoms with Gasteiger partial charge >= 0.3 is 0 Å². The molecule has 0 saturated carbocycles. The largest absolute Gasteiger partial charge is 0.465 e. The molecule has 0 aromatic carbocycles. The summed E-state index contributed by atoms with van der Waals surface area (Å²) >= 11 is 0. The normalized spacial score (nSPS) is 20.3. The van der Waals surface area contributed by atoms with Crippen molar-refractivity contribution in [1.29, 1.82) is 0 Å². The first-order chi connectivity index (χ1) is 9.90. The van der Waals surface area contributed by atoms with Crippen molar-refractivity contribution in [3.63, 3.8) is 0 Å². The molecule has 1 saturated heterocycles. The zero-order valence-electron chi connectivity index (χ0n) is 14.5. The van der Waals surface area contributed by atoms with E-state index in [2.05, 4.69) is 50.9 Å². The average Bonchev–Trinajstić information content (AvgIpc) is 2.98. The molecule has 3 nitrogen and oxygen atoms in total. The summed E-state index contributed by atoms with van der Waals surface area (Å²) in [5.74, 6) is 2.97. The summed E-state index contributed by atoms with van der Waals surface area (Å²) in [7, 11) is 0. The van der Waals surface area contributed by atoms with Crippen LogP contribution in [0.1, 0.15) is 57.6 Å². The third-order valence-electron chi connectivity index (χ3n) is 4.69. The molecular formula is C18H32N2O. The first kappa shape index (κ1) is 16.6. The number of aryl methyl sites for hydroxylation is 1. The maximum Gasteiger partial charge on any atom is 0.118 e. The van der Waals surface area contributed by atoms with Gasteiger partial charge in [0.2, 0.25) is 0 Å². The molecule has 3 heteroatoms. The van der Waals surface area contributed by atoms with Gasteiger partial charge in [-0.1, -0.05) is 27.7 Å². The highest BCUT2D eigenvalue weighted by molar-refractivity contribution is 5.21. The van der Waals surface area contributed by atoms with E-state index in [0.717, 1.165) is 43.5 Å². The Hall–Kier alpha value is -0.800. The predicted molar refractivity (Wildman–Crippen MR) is 88.3 cm³/mol. The van der Waals surface area contributed by atoms with Crippen LogP contribution in [0.25, 0.3) is 0 Å². The van der Waals surface area contributed by atoms with Gasteiger partial charge in [-0.05, 0) is 50.3 Å². The lowest BCUT2D eigenvalue weighted by Crippen LogP contribution is -2.25. The standard InChI is InChI=1S/C18H32N2O/c1-6-8-19-11-17-10-15(14(2)21-17)12-20-9-7-16(13-20)18(3,4)5/h10,16,19H,6-9,11-13H2,1-5H3. The number of furan rings is 1. The Bertz CT molecular complexity index is 445. The fourth-order valence-electron chi connectivity index (χ4n) is 3.14. The van der Waals surface area contributed by atoms with Crippen molar-refractivity contribution in [3.05, 3.63) is 23.2 Å². The molecule has 1 aromatic rings. The van der Waals surface area contributed by atoms with E-state index in [-0.39, 0.29) is 0 Å². The van der Waals surface area contributed by atoms with Gasteiger partial charge in [-0.15, -0.1) is 0 Å². The maximum atomic E-state index is 5.88. The Morgan fingerprint density at radius 3 is 2.76 bits per heavy atom. The highest BCUT2D eigenvalue weighted by Crippen LogP contribution is 2.34. The maximum absolute atomic E-state index is 5.88. The van der Waals surface area contributed by atoms with Crippen LogP contribution in [-0.2, 0) is 13.1 Å². The summed E-state index contributed by atoms with van der Waals surface area (Å²) in [6.45, 7) is 16.7. The first-order valence-electron chi connectivity index (χ1n) is 8.41. The van der Waals surface area contributed by atoms with Crippen molar-refractivity contribution in [1.82, 2.24) is 10.2 Å². The fourth-order valence-corrected chi connectivity index (χ4v) is 3.14. The fraction of sp³-hybridized carbons (Fsp3) is 0.778. The van der Waals surface area contributed by atoms with Gasteiger partial charge in [0.25, 0.3) is 0 Å². The van der Waals surface area contributed by atoms with E-state index in [1.807, 2.05) is 0 Å². The van der Waals surface area contributed by atoms with Gasteiger partial charge in [-0.3, -0.25) is 4.90 Å². The van der Waals surface area contributed by atoms with Crippen molar-refractivity contribution < 1.29 is 4.42 Å². The second-order valence-corrected chi connectivity index (χ2v) is 7.56. The second-order valence-electron chi connectivity index (χ2n) is 7.56. The molecule has 1 unspecified atom stereocenters. The van der Waals surface area contributed by atoms with Crippen LogP contribution in [0.5, 0.6) is 0 Å². The molecule has 1 aliphatic heterocycles. The number of likely N-dealkylation sites (tertiary alicyclic amines) is 1. The molecule has 0 bridgehead atoms. The number of nitrogens with one attached hydrogen (secondary N) is 1. The van der Waals surface area contributed by atoms with Crippen molar-refractivity contribution in [2.24, 2.45) is 11.3 Å². The molecule has 1 aromatic heterocycles. The summed E-state index contributed by atoms with van der Waals surface area (Å²) in [6.07, 6.45) is 2.49. The monoisotopic (exact) mass is 292 g/mol. The molecule has 1 aliphatic rings. The van der Waals surface area contributed by atoms with Crippen LogP contribution in [0.2, 0.25) is 0 Å². The van der Waals surface area contributed by atoms with Crippen molar-refractivity contribution in [2.45, 2.75) is 60.5 Å². The number of hydrogen-bond donors (Lipinski definition) is 1. The van der Waals surface area contributed by atoms with Crippen molar-refractivity contribution >= 4 is 0 Å². The summed E-state index contributed by atoms with van der Waals surface area (Å²) in [4.78, 5) is 2.58. The Labute approximate surface area is 130 Å². The number of rotatable bonds is 6. The quantitative estimate of drug-likeness (QED) is 0.805. The van der Waals surface area contributed by atoms with Crippen LogP contribution < -0.4 is 5.32 Å². The van der Waals surface area contributed by atoms with E-state index in [1.165, 1.54) is 25.1 Å². The lowest BCUT2D eigenvalue weighted by atomic mass is 9.80. The summed E-state index contributed by atoms with van der Waals surface area (Å²) in [5.41, 5.74) is 1.79. The van der Waals surface area contributed by atoms with Crippen LogP contribution in [0, 0.1) is 18.3 Å². The summed E-state index contributed by atoms with van der Waals surface area (Å²) in [6, 6.07) is 2.24. The van der Waals surface area contributed by atoms with Gasteiger partial charge in [-0.25, -0.2) is 0 Å². The van der Waals surface area contributed by atoms with Crippen LogP contribution >= 0.6 is 0 Å². The molecule has 0 amide bonds. The molecule has 21 heavy (non-hydrogen) atoms. The molecule has 0 spiro atoms. The SMILES string of the molecule is CCCNCc1cc(CN2CCC(C(C)(C)C)C2)c(C)o1. The topological polar surface area (TPSA) is 28.4 Å². The second kappa shape index (κ2) is 6.97. The van der Waals surface area contributed by atoms with Gasteiger partial charge < -0.3 is 9.73 Å². The van der Waals surface area contributed by atoms with Gasteiger partial charge in [0, 0.05) is 18.7 Å². The van der Waals surface area contributed by atoms with Gasteiger partial charge in [0.1, 0.15) is 11.5 Å². The minimum atomic E-state index is 0.426. The van der Waals surface area contributed by atoms with Crippen LogP contribution in [0.4, 0.5) is 0 Å². The van der Waals surface area contributed by atoms with Crippen molar-refractivity contribution in [2.75, 3.05) is 19.6 Å². The van der Waals surface area contributed by atoms with Gasteiger partial charge in [0.05, 0.1) is 6.54 Å². The van der Waals surface area contributed by atoms with E-state index in [9.17, 15) is 0 Å². The third-order valence-corrected chi connectivity index (χ3v) is 4.69. The Morgan fingerprint density at radius 2 is 2.14 bits per heavy atom. The Kier molecular flexibility index (Phi) is 5.50. The Morgan fingerprint density at radius 1 is 1.38 bits per heavy atom. The summed E-state index contributed by atoms with van der Waals surface area (Å²) in [5, 5.41) is 3.41. The van der Waals surface area contributed by atoms with E-state index < -0.39 is 0 Å². The first-order valence-corrected chi connectivity index (χ1v) is 8.41. The molecule has 120 valence electrons. The molecule has 1 fully saturated rings. The molecule has 0 aliphatic carbocycles. The molecule has 0 radical (unpaired) electrons. The lowest BCUT2D eigenvalue weighted by molar-refractivity contribution is 0.226. The minimum Gasteiger partial charge on any atom is -0.465 e. The number of nitrogens with zero attached hydrogens (tertiary/aromatic N) is 1. The average molecular weight is 292 g/mol. The third kappa shape index (κ3) is 4.58. The van der Waals surface area contributed by atoms with Gasteiger partial charge in [-0.2, -0.15) is 0 Å². The Balaban J connectivity index is 1.89. The molecular weight excluding hydrogens is 260 g/mol. The molecule has 1 atom stereocenters. The van der Waals surface area contributed by atoms with E-state index in [0.29, 0.717) is 5.41 Å². The van der Waals surface area contributed by atoms with Crippen LogP contribution in [0.15, 0.2) is 10.5 Å². The van der Waals surface area contributed by atoms with Crippen LogP contribution in [0.3, 0.4) is 0 Å². The van der Waals surface area contributed by atoms with E-state index >= 15 is 0 Å². The molecule has 2 heterocycles. The predicted octanol–water partition coefficient (Wildman–Crippen LogP) is 3.96. The highest BCUT2D eigenvalue weighted by Gasteiger charge is 2.31. The molecule has 2 rings (SSSR count). The highest BCUT2D eigenvalue weighted by atomic mass is 16.3. The zero-order valence-corrected chi connectivity index (χ0v) is 14.5. The lowest BCUT2D eigenvalue weighted by Gasteiger charge is -2.27.